The molecule has 0 aromatic carbocycles. The van der Waals surface area contributed by atoms with Gasteiger partial charge in [0.2, 0.25) is 0 Å². The van der Waals surface area contributed by atoms with E-state index in [9.17, 15) is 9.59 Å². The van der Waals surface area contributed by atoms with Gasteiger partial charge in [-0.05, 0) is 25.2 Å². The summed E-state index contributed by atoms with van der Waals surface area (Å²) in [5, 5.41) is 0. The molecule has 3 atom stereocenters. The van der Waals surface area contributed by atoms with E-state index < -0.39 is 14.4 Å². The van der Waals surface area contributed by atoms with E-state index in [0.717, 1.165) is 0 Å². The quantitative estimate of drug-likeness (QED) is 0.597. The smallest absolute Gasteiger partial charge is 0.317 e. The second-order valence-electron chi connectivity index (χ2n) is 5.04. The first-order valence-electron chi connectivity index (χ1n) is 5.06. The molecule has 3 unspecified atom stereocenters. The van der Waals surface area contributed by atoms with Crippen LogP contribution in [-0.2, 0) is 18.6 Å². The molecule has 0 radical (unpaired) electrons. The average molecular weight is 230 g/mol. The predicted octanol–water partition coefficient (Wildman–Crippen LogP) is 2.04. The van der Waals surface area contributed by atoms with Crippen molar-refractivity contribution >= 4 is 21.0 Å². The first-order chi connectivity index (χ1) is 6.89. The second kappa shape index (κ2) is 3.18. The van der Waals surface area contributed by atoms with Gasteiger partial charge >= 0.3 is 11.9 Å². The molecular weight excluding hydrogens is 215 g/mol. The van der Waals surface area contributed by atoms with Crippen LogP contribution in [0.1, 0.15) is 33.6 Å². The summed E-state index contributed by atoms with van der Waals surface area (Å²) in [6.45, 7) is 5.78. The molecule has 2 aliphatic rings. The molecule has 0 amide bonds. The summed E-state index contributed by atoms with van der Waals surface area (Å²) in [6.07, 6.45) is 1.41. The van der Waals surface area contributed by atoms with E-state index in [1.54, 1.807) is 0 Å². The highest BCUT2D eigenvalue weighted by Crippen LogP contribution is 2.58. The molecule has 1 saturated carbocycles. The molecule has 0 aromatic heterocycles. The molecule has 2 rings (SSSR count). The lowest BCUT2D eigenvalue weighted by Gasteiger charge is -2.39. The third-order valence-electron chi connectivity index (χ3n) is 4.24. The summed E-state index contributed by atoms with van der Waals surface area (Å²) in [4.78, 5) is 23.5. The van der Waals surface area contributed by atoms with E-state index in [0.29, 0.717) is 12.8 Å². The molecule has 1 aliphatic carbocycles. The van der Waals surface area contributed by atoms with Gasteiger partial charge in [0.25, 0.3) is 9.03 Å². The molecule has 0 N–H and O–H groups in total. The number of carbonyl (C=O) groups excluding carboxylic acids is 2. The van der Waals surface area contributed by atoms with Gasteiger partial charge in [-0.25, -0.2) is 0 Å². The Morgan fingerprint density at radius 3 is 2.60 bits per heavy atom. The highest BCUT2D eigenvalue weighted by Gasteiger charge is 2.60. The fraction of sp³-hybridized carbons (Fsp3) is 0.800. The van der Waals surface area contributed by atoms with E-state index >= 15 is 0 Å². The summed E-state index contributed by atoms with van der Waals surface area (Å²) < 4.78 is 9.88. The minimum absolute atomic E-state index is 0.178. The molecule has 4 nitrogen and oxygen atoms in total. The van der Waals surface area contributed by atoms with Gasteiger partial charge in [0.15, 0.2) is 0 Å². The maximum atomic E-state index is 11.9. The normalized spacial score (nSPS) is 40.6. The van der Waals surface area contributed by atoms with Gasteiger partial charge in [-0.3, -0.25) is 9.59 Å². The number of hydrogen-bond donors (Lipinski definition) is 0. The topological polar surface area (TPSA) is 52.6 Å². The van der Waals surface area contributed by atoms with Gasteiger partial charge in [-0.2, -0.15) is 0 Å². The highest BCUT2D eigenvalue weighted by atomic mass is 31.1. The summed E-state index contributed by atoms with van der Waals surface area (Å²) in [5.74, 6) is -0.641. The van der Waals surface area contributed by atoms with Crippen molar-refractivity contribution in [3.63, 3.8) is 0 Å². The van der Waals surface area contributed by atoms with Crippen LogP contribution in [-0.4, -0.2) is 11.9 Å². The van der Waals surface area contributed by atoms with Crippen molar-refractivity contribution in [2.24, 2.45) is 16.7 Å². The Kier molecular flexibility index (Phi) is 2.30. The first kappa shape index (κ1) is 10.9. The van der Waals surface area contributed by atoms with Crippen molar-refractivity contribution in [2.45, 2.75) is 33.6 Å². The van der Waals surface area contributed by atoms with E-state index in [4.69, 9.17) is 9.05 Å². The van der Waals surface area contributed by atoms with Crippen LogP contribution in [0.2, 0.25) is 0 Å². The zero-order valence-electron chi connectivity index (χ0n) is 9.12. The molecule has 5 heteroatoms. The molecule has 2 bridgehead atoms. The Morgan fingerprint density at radius 2 is 1.93 bits per heavy atom. The Balaban J connectivity index is 2.44. The van der Waals surface area contributed by atoms with E-state index in [1.807, 2.05) is 20.8 Å². The Hall–Kier alpha value is -0.630. The third kappa shape index (κ3) is 1.31. The number of rotatable bonds is 0. The van der Waals surface area contributed by atoms with Crippen LogP contribution in [0.15, 0.2) is 0 Å². The first-order valence-corrected chi connectivity index (χ1v) is 5.88. The van der Waals surface area contributed by atoms with E-state index in [-0.39, 0.29) is 23.3 Å². The molecule has 0 spiro atoms. The highest BCUT2D eigenvalue weighted by molar-refractivity contribution is 7.27. The molecule has 2 fully saturated rings. The summed E-state index contributed by atoms with van der Waals surface area (Å²) in [6, 6.07) is 0. The lowest BCUT2D eigenvalue weighted by atomic mass is 9.66. The number of hydrogen-bond acceptors (Lipinski definition) is 4. The Bertz CT molecular complexity index is 325. The second-order valence-corrected chi connectivity index (χ2v) is 5.61. The SMILES string of the molecule is CC12CCC(C(=O)OPOC1=O)C2(C)C. The minimum atomic E-state index is -0.551. The van der Waals surface area contributed by atoms with Crippen molar-refractivity contribution in [3.8, 4) is 0 Å². The van der Waals surface area contributed by atoms with E-state index in [1.165, 1.54) is 0 Å². The fourth-order valence-electron chi connectivity index (χ4n) is 2.56. The minimum Gasteiger partial charge on any atom is -0.409 e. The van der Waals surface area contributed by atoms with Crippen LogP contribution < -0.4 is 0 Å². The molecule has 1 heterocycles. The molecular formula is C10H15O4P. The maximum Gasteiger partial charge on any atom is 0.317 e. The van der Waals surface area contributed by atoms with Gasteiger partial charge in [0, 0.05) is 0 Å². The lowest BCUT2D eigenvalue weighted by Crippen LogP contribution is -2.44. The van der Waals surface area contributed by atoms with E-state index in [2.05, 4.69) is 0 Å². The molecule has 1 aliphatic heterocycles. The van der Waals surface area contributed by atoms with Crippen molar-refractivity contribution in [3.05, 3.63) is 0 Å². The number of carbonyl (C=O) groups is 2. The van der Waals surface area contributed by atoms with Crippen LogP contribution in [0.25, 0.3) is 0 Å². The van der Waals surface area contributed by atoms with Crippen molar-refractivity contribution < 1.29 is 18.6 Å². The maximum absolute atomic E-state index is 11.9. The summed E-state index contributed by atoms with van der Waals surface area (Å²) >= 11 is 0. The van der Waals surface area contributed by atoms with Crippen LogP contribution in [0.4, 0.5) is 0 Å². The zero-order chi connectivity index (χ0) is 11.3. The molecule has 0 aromatic rings. The average Bonchev–Trinajstić information content (AvgIpc) is 2.40. The Morgan fingerprint density at radius 1 is 1.27 bits per heavy atom. The Labute approximate surface area is 90.7 Å². The third-order valence-corrected chi connectivity index (χ3v) is 4.79. The number of fused-ring (bicyclic) bond motifs is 2. The van der Waals surface area contributed by atoms with Crippen LogP contribution in [0, 0.1) is 16.7 Å². The molecule has 15 heavy (non-hydrogen) atoms. The monoisotopic (exact) mass is 230 g/mol. The van der Waals surface area contributed by atoms with Gasteiger partial charge in [0.05, 0.1) is 11.3 Å². The lowest BCUT2D eigenvalue weighted by molar-refractivity contribution is -0.158. The standard InChI is InChI=1S/C10H15O4P/c1-9(2)6-4-5-10(9,3)8(12)14-15-13-7(6)11/h6,15H,4-5H2,1-3H3. The predicted molar refractivity (Wildman–Crippen MR) is 55.1 cm³/mol. The van der Waals surface area contributed by atoms with Crippen LogP contribution in [0.5, 0.6) is 0 Å². The van der Waals surface area contributed by atoms with Gasteiger partial charge < -0.3 is 9.05 Å². The fourth-order valence-corrected chi connectivity index (χ4v) is 3.13. The van der Waals surface area contributed by atoms with Crippen molar-refractivity contribution in [1.82, 2.24) is 0 Å². The van der Waals surface area contributed by atoms with Crippen molar-refractivity contribution in [2.75, 3.05) is 0 Å². The van der Waals surface area contributed by atoms with Crippen molar-refractivity contribution in [1.29, 1.82) is 0 Å². The largest absolute Gasteiger partial charge is 0.409 e. The van der Waals surface area contributed by atoms with Gasteiger partial charge in [-0.15, -0.1) is 0 Å². The van der Waals surface area contributed by atoms with Crippen LogP contribution >= 0.6 is 9.03 Å². The zero-order valence-corrected chi connectivity index (χ0v) is 10.1. The van der Waals surface area contributed by atoms with Crippen LogP contribution in [0.3, 0.4) is 0 Å². The van der Waals surface area contributed by atoms with Gasteiger partial charge in [0.1, 0.15) is 0 Å². The molecule has 84 valence electrons. The summed E-state index contributed by atoms with van der Waals surface area (Å²) in [7, 11) is -0.479. The molecule has 1 saturated heterocycles. The van der Waals surface area contributed by atoms with Gasteiger partial charge in [-0.1, -0.05) is 13.8 Å². The summed E-state index contributed by atoms with van der Waals surface area (Å²) in [5.41, 5.74) is -0.934.